The van der Waals surface area contributed by atoms with Gasteiger partial charge in [-0.05, 0) is 65.5 Å². The third-order valence-electron chi connectivity index (χ3n) is 3.82. The first-order valence-corrected chi connectivity index (χ1v) is 9.66. The van der Waals surface area contributed by atoms with Crippen LogP contribution in [0.15, 0.2) is 45.8 Å². The van der Waals surface area contributed by atoms with Crippen LogP contribution in [0.5, 0.6) is 5.75 Å². The SMILES string of the molecule is Cc1ccc(S(=O)(=O)OC[C@H]2CCc3cc(F)cc(Br)c3O2)cc1. The monoisotopic (exact) mass is 414 g/mol. The van der Waals surface area contributed by atoms with Crippen molar-refractivity contribution in [3.05, 3.63) is 57.8 Å². The fourth-order valence-electron chi connectivity index (χ4n) is 2.53. The first-order chi connectivity index (χ1) is 11.3. The van der Waals surface area contributed by atoms with Gasteiger partial charge in [-0.2, -0.15) is 8.42 Å². The summed E-state index contributed by atoms with van der Waals surface area (Å²) in [6, 6.07) is 9.22. The average molecular weight is 415 g/mol. The van der Waals surface area contributed by atoms with Crippen LogP contribution in [0.2, 0.25) is 0 Å². The molecule has 3 rings (SSSR count). The van der Waals surface area contributed by atoms with Crippen LogP contribution in [0.3, 0.4) is 0 Å². The van der Waals surface area contributed by atoms with Gasteiger partial charge in [-0.15, -0.1) is 0 Å². The zero-order valence-corrected chi connectivity index (χ0v) is 15.4. The predicted octanol–water partition coefficient (Wildman–Crippen LogP) is 4.00. The Hall–Kier alpha value is -1.44. The quantitative estimate of drug-likeness (QED) is 0.709. The lowest BCUT2D eigenvalue weighted by atomic mass is 10.0. The Kier molecular flexibility index (Phi) is 4.94. The van der Waals surface area contributed by atoms with E-state index in [9.17, 15) is 12.8 Å². The maximum absolute atomic E-state index is 13.4. The molecule has 0 saturated carbocycles. The topological polar surface area (TPSA) is 52.6 Å². The molecular weight excluding hydrogens is 399 g/mol. The minimum absolute atomic E-state index is 0.0839. The van der Waals surface area contributed by atoms with Crippen LogP contribution in [0.25, 0.3) is 0 Å². The van der Waals surface area contributed by atoms with Gasteiger partial charge in [0, 0.05) is 0 Å². The van der Waals surface area contributed by atoms with E-state index in [1.807, 2.05) is 6.92 Å². The molecule has 1 atom stereocenters. The molecule has 128 valence electrons. The molecule has 4 nitrogen and oxygen atoms in total. The largest absolute Gasteiger partial charge is 0.486 e. The Morgan fingerprint density at radius 1 is 1.29 bits per heavy atom. The average Bonchev–Trinajstić information content (AvgIpc) is 2.53. The highest BCUT2D eigenvalue weighted by Gasteiger charge is 2.25. The van der Waals surface area contributed by atoms with Crippen LogP contribution in [0.1, 0.15) is 17.5 Å². The molecule has 0 saturated heterocycles. The second-order valence-electron chi connectivity index (χ2n) is 5.71. The summed E-state index contributed by atoms with van der Waals surface area (Å²) in [4.78, 5) is 0.118. The van der Waals surface area contributed by atoms with Crippen molar-refractivity contribution < 1.29 is 21.7 Å². The van der Waals surface area contributed by atoms with Gasteiger partial charge >= 0.3 is 0 Å². The molecule has 0 radical (unpaired) electrons. The van der Waals surface area contributed by atoms with Crippen LogP contribution in [-0.4, -0.2) is 21.1 Å². The van der Waals surface area contributed by atoms with E-state index in [4.69, 9.17) is 8.92 Å². The molecular formula is C17H16BrFO4S. The van der Waals surface area contributed by atoms with Crippen molar-refractivity contribution in [1.82, 2.24) is 0 Å². The zero-order valence-electron chi connectivity index (χ0n) is 13.0. The highest BCUT2D eigenvalue weighted by molar-refractivity contribution is 9.10. The van der Waals surface area contributed by atoms with Crippen molar-refractivity contribution in [2.24, 2.45) is 0 Å². The lowest BCUT2D eigenvalue weighted by molar-refractivity contribution is 0.111. The number of hydrogen-bond donors (Lipinski definition) is 0. The van der Waals surface area contributed by atoms with E-state index in [0.29, 0.717) is 23.1 Å². The molecule has 0 aromatic heterocycles. The normalized spacial score (nSPS) is 17.2. The van der Waals surface area contributed by atoms with Gasteiger partial charge in [0.2, 0.25) is 0 Å². The van der Waals surface area contributed by atoms with Crippen molar-refractivity contribution in [2.75, 3.05) is 6.61 Å². The molecule has 2 aromatic carbocycles. The standard InChI is InChI=1S/C17H16BrFO4S/c1-11-2-6-15(7-3-11)24(20,21)22-10-14-5-4-12-8-13(19)9-16(18)17(12)23-14/h2-3,6-9,14H,4-5,10H2,1H3/t14-/m1/s1. The number of halogens is 2. The van der Waals surface area contributed by atoms with E-state index in [1.165, 1.54) is 24.3 Å². The molecule has 1 heterocycles. The third kappa shape index (κ3) is 3.79. The van der Waals surface area contributed by atoms with Crippen LogP contribution in [0, 0.1) is 12.7 Å². The number of rotatable bonds is 4. The molecule has 1 aliphatic heterocycles. The van der Waals surface area contributed by atoms with Gasteiger partial charge < -0.3 is 4.74 Å². The maximum Gasteiger partial charge on any atom is 0.297 e. The van der Waals surface area contributed by atoms with E-state index in [1.54, 1.807) is 12.1 Å². The molecule has 0 N–H and O–H groups in total. The summed E-state index contributed by atoms with van der Waals surface area (Å²) in [5, 5.41) is 0. The molecule has 1 aliphatic rings. The van der Waals surface area contributed by atoms with Gasteiger partial charge in [-0.1, -0.05) is 17.7 Å². The molecule has 0 fully saturated rings. The number of ether oxygens (including phenoxy) is 1. The molecule has 0 unspecified atom stereocenters. The van der Waals surface area contributed by atoms with Crippen molar-refractivity contribution >= 4 is 26.0 Å². The van der Waals surface area contributed by atoms with Gasteiger partial charge in [-0.3, -0.25) is 4.18 Å². The highest BCUT2D eigenvalue weighted by Crippen LogP contribution is 2.36. The summed E-state index contributed by atoms with van der Waals surface area (Å²) in [5.74, 6) is 0.213. The first kappa shape index (κ1) is 17.4. The second-order valence-corrected chi connectivity index (χ2v) is 8.18. The van der Waals surface area contributed by atoms with Crippen molar-refractivity contribution in [2.45, 2.75) is 30.8 Å². The molecule has 24 heavy (non-hydrogen) atoms. The van der Waals surface area contributed by atoms with Crippen LogP contribution >= 0.6 is 15.9 Å². The lowest BCUT2D eigenvalue weighted by Gasteiger charge is -2.26. The smallest absolute Gasteiger partial charge is 0.297 e. The van der Waals surface area contributed by atoms with Gasteiger partial charge in [0.15, 0.2) is 0 Å². The summed E-state index contributed by atoms with van der Waals surface area (Å²) in [5.41, 5.74) is 1.73. The van der Waals surface area contributed by atoms with Crippen molar-refractivity contribution in [1.29, 1.82) is 0 Å². The molecule has 7 heteroatoms. The van der Waals surface area contributed by atoms with Crippen LogP contribution < -0.4 is 4.74 Å². The molecule has 0 amide bonds. The Morgan fingerprint density at radius 3 is 2.71 bits per heavy atom. The van der Waals surface area contributed by atoms with Gasteiger partial charge in [0.1, 0.15) is 24.3 Å². The van der Waals surface area contributed by atoms with E-state index in [2.05, 4.69) is 15.9 Å². The fourth-order valence-corrected chi connectivity index (χ4v) is 4.03. The zero-order chi connectivity index (χ0) is 17.3. The summed E-state index contributed by atoms with van der Waals surface area (Å²) in [7, 11) is -3.82. The van der Waals surface area contributed by atoms with Gasteiger partial charge in [-0.25, -0.2) is 4.39 Å². The third-order valence-corrected chi connectivity index (χ3v) is 5.71. The van der Waals surface area contributed by atoms with Crippen molar-refractivity contribution in [3.8, 4) is 5.75 Å². The van der Waals surface area contributed by atoms with Crippen molar-refractivity contribution in [3.63, 3.8) is 0 Å². The van der Waals surface area contributed by atoms with Crippen LogP contribution in [-0.2, 0) is 20.7 Å². The van der Waals surface area contributed by atoms with Gasteiger partial charge in [0.05, 0.1) is 9.37 Å². The molecule has 0 bridgehead atoms. The molecule has 0 aliphatic carbocycles. The molecule has 0 spiro atoms. The Morgan fingerprint density at radius 2 is 2.00 bits per heavy atom. The number of hydrogen-bond acceptors (Lipinski definition) is 4. The van der Waals surface area contributed by atoms with E-state index in [-0.39, 0.29) is 17.3 Å². The summed E-state index contributed by atoms with van der Waals surface area (Å²) in [6.07, 6.45) is 0.760. The number of aryl methyl sites for hydroxylation is 2. The minimum atomic E-state index is -3.82. The van der Waals surface area contributed by atoms with E-state index >= 15 is 0 Å². The highest BCUT2D eigenvalue weighted by atomic mass is 79.9. The summed E-state index contributed by atoms with van der Waals surface area (Å²) < 4.78 is 49.2. The number of fused-ring (bicyclic) bond motifs is 1. The second kappa shape index (κ2) is 6.82. The first-order valence-electron chi connectivity index (χ1n) is 7.46. The van der Waals surface area contributed by atoms with E-state index < -0.39 is 16.2 Å². The fraction of sp³-hybridized carbons (Fsp3) is 0.294. The predicted molar refractivity (Wildman–Crippen MR) is 91.2 cm³/mol. The summed E-state index contributed by atoms with van der Waals surface area (Å²) >= 11 is 3.27. The number of benzene rings is 2. The Labute approximate surface area is 148 Å². The molecule has 2 aromatic rings. The Balaban J connectivity index is 1.68. The maximum atomic E-state index is 13.4. The Bertz CT molecular complexity index is 850. The summed E-state index contributed by atoms with van der Waals surface area (Å²) in [6.45, 7) is 1.80. The van der Waals surface area contributed by atoms with Gasteiger partial charge in [0.25, 0.3) is 10.1 Å². The minimum Gasteiger partial charge on any atom is -0.486 e. The van der Waals surface area contributed by atoms with Crippen LogP contribution in [0.4, 0.5) is 4.39 Å². The lowest BCUT2D eigenvalue weighted by Crippen LogP contribution is -2.29. The van der Waals surface area contributed by atoms with E-state index in [0.717, 1.165) is 11.1 Å².